The molecule has 6 heteroatoms. The van der Waals surface area contributed by atoms with Gasteiger partial charge in [0.25, 0.3) is 0 Å². The predicted molar refractivity (Wildman–Crippen MR) is 86.8 cm³/mol. The Morgan fingerprint density at radius 3 is 2.61 bits per heavy atom. The van der Waals surface area contributed by atoms with Gasteiger partial charge in [0.1, 0.15) is 5.75 Å². The minimum Gasteiger partial charge on any atom is -0.495 e. The number of urea groups is 1. The molecular weight excluding hydrogens is 296 g/mol. The zero-order chi connectivity index (χ0) is 16.3. The number of aryl methyl sites for hydroxylation is 1. The van der Waals surface area contributed by atoms with E-state index >= 15 is 0 Å². The van der Waals surface area contributed by atoms with E-state index in [9.17, 15) is 4.79 Å². The van der Waals surface area contributed by atoms with Crippen LogP contribution in [0.25, 0.3) is 0 Å². The third-order valence-electron chi connectivity index (χ3n) is 4.43. The first-order chi connectivity index (χ1) is 11.1. The summed E-state index contributed by atoms with van der Waals surface area (Å²) in [5.41, 5.74) is 1.77. The molecule has 2 amide bonds. The third kappa shape index (κ3) is 3.59. The number of anilines is 1. The summed E-state index contributed by atoms with van der Waals surface area (Å²) in [6.07, 6.45) is 2.37. The number of likely N-dealkylation sites (tertiary alicyclic amines) is 1. The minimum atomic E-state index is -0.476. The molecule has 0 bridgehead atoms. The molecule has 0 atom stereocenters. The number of rotatable bonds is 2. The van der Waals surface area contributed by atoms with Crippen LogP contribution in [0.5, 0.6) is 5.75 Å². The van der Waals surface area contributed by atoms with Gasteiger partial charge >= 0.3 is 6.03 Å². The van der Waals surface area contributed by atoms with Crippen molar-refractivity contribution >= 4 is 11.7 Å². The number of ether oxygens (including phenoxy) is 3. The summed E-state index contributed by atoms with van der Waals surface area (Å²) in [5, 5.41) is 2.94. The number of methoxy groups -OCH3 is 1. The number of nitrogens with zero attached hydrogens (tertiary/aromatic N) is 1. The Hall–Kier alpha value is -1.79. The summed E-state index contributed by atoms with van der Waals surface area (Å²) < 4.78 is 16.9. The molecule has 1 aromatic carbocycles. The van der Waals surface area contributed by atoms with Crippen molar-refractivity contribution in [2.24, 2.45) is 0 Å². The third-order valence-corrected chi connectivity index (χ3v) is 4.43. The fourth-order valence-corrected chi connectivity index (χ4v) is 3.07. The van der Waals surface area contributed by atoms with E-state index in [1.54, 1.807) is 12.0 Å². The Balaban J connectivity index is 1.60. The predicted octanol–water partition coefficient (Wildman–Crippen LogP) is 2.76. The van der Waals surface area contributed by atoms with Crippen LogP contribution in [0.4, 0.5) is 10.5 Å². The van der Waals surface area contributed by atoms with Gasteiger partial charge in [0, 0.05) is 25.9 Å². The molecule has 0 saturated carbocycles. The summed E-state index contributed by atoms with van der Waals surface area (Å²) >= 11 is 0. The maximum atomic E-state index is 12.5. The molecule has 1 N–H and O–H groups in total. The van der Waals surface area contributed by atoms with Gasteiger partial charge in [0.15, 0.2) is 5.79 Å². The van der Waals surface area contributed by atoms with Crippen molar-refractivity contribution in [2.45, 2.75) is 32.0 Å². The van der Waals surface area contributed by atoms with Gasteiger partial charge in [-0.15, -0.1) is 0 Å². The monoisotopic (exact) mass is 320 g/mol. The van der Waals surface area contributed by atoms with Gasteiger partial charge in [-0.25, -0.2) is 4.79 Å². The standard InChI is InChI=1S/C17H24N2O4/c1-13-4-5-15(21-2)14(12-13)18-16(20)19-8-6-17(7-9-19)22-10-3-11-23-17/h4-5,12H,3,6-11H2,1-2H3,(H,18,20). The Bertz CT molecular complexity index is 560. The number of carbonyl (C=O) groups is 1. The van der Waals surface area contributed by atoms with Gasteiger partial charge in [-0.2, -0.15) is 0 Å². The molecule has 23 heavy (non-hydrogen) atoms. The summed E-state index contributed by atoms with van der Waals surface area (Å²) in [6, 6.07) is 5.62. The van der Waals surface area contributed by atoms with E-state index in [1.165, 1.54) is 0 Å². The quantitative estimate of drug-likeness (QED) is 0.910. The number of piperidine rings is 1. The second-order valence-electron chi connectivity index (χ2n) is 6.08. The largest absolute Gasteiger partial charge is 0.495 e. The normalized spacial score (nSPS) is 20.3. The maximum absolute atomic E-state index is 12.5. The molecule has 2 aliphatic rings. The Labute approximate surface area is 136 Å². The topological polar surface area (TPSA) is 60.0 Å². The van der Waals surface area contributed by atoms with E-state index in [1.807, 2.05) is 25.1 Å². The zero-order valence-electron chi connectivity index (χ0n) is 13.8. The number of benzene rings is 1. The van der Waals surface area contributed by atoms with E-state index in [0.717, 1.165) is 25.2 Å². The SMILES string of the molecule is COc1ccc(C)cc1NC(=O)N1CCC2(CC1)OCCCO2. The fourth-order valence-electron chi connectivity index (χ4n) is 3.07. The highest BCUT2D eigenvalue weighted by Gasteiger charge is 2.39. The van der Waals surface area contributed by atoms with E-state index in [2.05, 4.69) is 5.32 Å². The molecule has 126 valence electrons. The molecule has 1 spiro atoms. The van der Waals surface area contributed by atoms with E-state index in [0.29, 0.717) is 37.4 Å². The van der Waals surface area contributed by atoms with Crippen molar-refractivity contribution in [3.05, 3.63) is 23.8 Å². The number of amides is 2. The molecule has 0 aromatic heterocycles. The second kappa shape index (κ2) is 6.76. The lowest BCUT2D eigenvalue weighted by molar-refractivity contribution is -0.281. The number of hydrogen-bond acceptors (Lipinski definition) is 4. The molecule has 0 unspecified atom stereocenters. The lowest BCUT2D eigenvalue weighted by Gasteiger charge is -2.43. The van der Waals surface area contributed by atoms with Crippen LogP contribution in [0.15, 0.2) is 18.2 Å². The van der Waals surface area contributed by atoms with Crippen molar-refractivity contribution in [1.82, 2.24) is 4.90 Å². The van der Waals surface area contributed by atoms with Crippen molar-refractivity contribution < 1.29 is 19.0 Å². The summed E-state index contributed by atoms with van der Waals surface area (Å²) in [5.74, 6) is 0.187. The van der Waals surface area contributed by atoms with Gasteiger partial charge in [-0.05, 0) is 31.0 Å². The lowest BCUT2D eigenvalue weighted by atomic mass is 10.0. The van der Waals surface area contributed by atoms with Gasteiger partial charge in [0.2, 0.25) is 0 Å². The Morgan fingerprint density at radius 2 is 1.96 bits per heavy atom. The van der Waals surface area contributed by atoms with Gasteiger partial charge < -0.3 is 24.4 Å². The average molecular weight is 320 g/mol. The Morgan fingerprint density at radius 1 is 1.26 bits per heavy atom. The maximum Gasteiger partial charge on any atom is 0.321 e. The minimum absolute atomic E-state index is 0.112. The molecule has 2 fully saturated rings. The van der Waals surface area contributed by atoms with Crippen molar-refractivity contribution in [2.75, 3.05) is 38.7 Å². The van der Waals surface area contributed by atoms with Crippen LogP contribution in [-0.4, -0.2) is 50.1 Å². The number of carbonyl (C=O) groups excluding carboxylic acids is 1. The van der Waals surface area contributed by atoms with Crippen LogP contribution in [0, 0.1) is 6.92 Å². The molecule has 6 nitrogen and oxygen atoms in total. The van der Waals surface area contributed by atoms with Crippen LogP contribution in [-0.2, 0) is 9.47 Å². The summed E-state index contributed by atoms with van der Waals surface area (Å²) in [4.78, 5) is 14.3. The van der Waals surface area contributed by atoms with Gasteiger partial charge in [-0.3, -0.25) is 0 Å². The molecule has 2 aliphatic heterocycles. The first kappa shape index (κ1) is 16.1. The summed E-state index contributed by atoms with van der Waals surface area (Å²) in [7, 11) is 1.60. The van der Waals surface area contributed by atoms with Crippen molar-refractivity contribution in [3.63, 3.8) is 0 Å². The van der Waals surface area contributed by atoms with E-state index in [-0.39, 0.29) is 6.03 Å². The van der Waals surface area contributed by atoms with Crippen LogP contribution in [0.1, 0.15) is 24.8 Å². The molecule has 1 aromatic rings. The van der Waals surface area contributed by atoms with E-state index < -0.39 is 5.79 Å². The molecule has 0 radical (unpaired) electrons. The van der Waals surface area contributed by atoms with E-state index in [4.69, 9.17) is 14.2 Å². The number of nitrogens with one attached hydrogen (secondary N) is 1. The summed E-state index contributed by atoms with van der Waals surface area (Å²) in [6.45, 7) is 4.72. The molecule has 2 heterocycles. The highest BCUT2D eigenvalue weighted by molar-refractivity contribution is 5.91. The molecular formula is C17H24N2O4. The first-order valence-corrected chi connectivity index (χ1v) is 8.10. The van der Waals surface area contributed by atoms with Crippen molar-refractivity contribution in [1.29, 1.82) is 0 Å². The molecule has 3 rings (SSSR count). The second-order valence-corrected chi connectivity index (χ2v) is 6.08. The lowest BCUT2D eigenvalue weighted by Crippen LogP contribution is -2.52. The van der Waals surface area contributed by atoms with Crippen LogP contribution >= 0.6 is 0 Å². The fraction of sp³-hybridized carbons (Fsp3) is 0.588. The number of hydrogen-bond donors (Lipinski definition) is 1. The Kier molecular flexibility index (Phi) is 4.73. The van der Waals surface area contributed by atoms with Gasteiger partial charge in [-0.1, -0.05) is 6.07 Å². The van der Waals surface area contributed by atoms with Crippen LogP contribution < -0.4 is 10.1 Å². The molecule has 2 saturated heterocycles. The van der Waals surface area contributed by atoms with Gasteiger partial charge in [0.05, 0.1) is 26.0 Å². The van der Waals surface area contributed by atoms with Crippen molar-refractivity contribution in [3.8, 4) is 5.75 Å². The average Bonchev–Trinajstić information content (AvgIpc) is 2.56. The molecule has 0 aliphatic carbocycles. The van der Waals surface area contributed by atoms with Crippen LogP contribution in [0.3, 0.4) is 0 Å². The smallest absolute Gasteiger partial charge is 0.321 e. The van der Waals surface area contributed by atoms with Crippen LogP contribution in [0.2, 0.25) is 0 Å². The first-order valence-electron chi connectivity index (χ1n) is 8.10. The highest BCUT2D eigenvalue weighted by atomic mass is 16.7. The highest BCUT2D eigenvalue weighted by Crippen LogP contribution is 2.31. The zero-order valence-corrected chi connectivity index (χ0v) is 13.8.